The Hall–Kier alpha value is -1.68. The lowest BCUT2D eigenvalue weighted by molar-refractivity contribution is -0.164. The summed E-state index contributed by atoms with van der Waals surface area (Å²) in [6.45, 7) is 4.17. The van der Waals surface area contributed by atoms with Crippen LogP contribution in [0.4, 0.5) is 0 Å². The third-order valence-electron chi connectivity index (χ3n) is 5.42. The highest BCUT2D eigenvalue weighted by molar-refractivity contribution is 5.15. The molecule has 3 nitrogen and oxygen atoms in total. The number of hydrogen-bond donors (Lipinski definition) is 2. The molecule has 0 spiro atoms. The van der Waals surface area contributed by atoms with Crippen LogP contribution in [0.5, 0.6) is 0 Å². The Labute approximate surface area is 165 Å². The van der Waals surface area contributed by atoms with Crippen LogP contribution in [-0.4, -0.2) is 11.4 Å². The number of aryl methyl sites for hydroxylation is 2. The molecule has 3 heteroatoms. The molecular weight excluding hydrogens is 332 g/mol. The van der Waals surface area contributed by atoms with Crippen LogP contribution in [0, 0.1) is 0 Å². The first-order valence-corrected chi connectivity index (χ1v) is 10.3. The summed E-state index contributed by atoms with van der Waals surface area (Å²) in [5, 5.41) is 0. The summed E-state index contributed by atoms with van der Waals surface area (Å²) in [6, 6.07) is 21.1. The Morgan fingerprint density at radius 2 is 1.04 bits per heavy atom. The van der Waals surface area contributed by atoms with E-state index in [2.05, 4.69) is 62.4 Å². The van der Waals surface area contributed by atoms with Gasteiger partial charge >= 0.3 is 0 Å². The second kappa shape index (κ2) is 10.6. The number of nitrogens with two attached hydrogens (primary N) is 2. The van der Waals surface area contributed by atoms with Crippen molar-refractivity contribution in [2.45, 2.75) is 76.7 Å². The summed E-state index contributed by atoms with van der Waals surface area (Å²) in [5.41, 5.74) is 14.6. The lowest BCUT2D eigenvalue weighted by Crippen LogP contribution is -2.54. The Morgan fingerprint density at radius 3 is 1.37 bits per heavy atom. The van der Waals surface area contributed by atoms with Crippen LogP contribution in [0.1, 0.15) is 63.5 Å². The molecule has 4 N–H and O–H groups in total. The maximum atomic E-state index is 6.60. The van der Waals surface area contributed by atoms with Crippen molar-refractivity contribution < 1.29 is 4.74 Å². The van der Waals surface area contributed by atoms with Gasteiger partial charge in [0, 0.05) is 0 Å². The van der Waals surface area contributed by atoms with Crippen molar-refractivity contribution in [3.05, 3.63) is 71.8 Å². The van der Waals surface area contributed by atoms with Crippen LogP contribution in [0.15, 0.2) is 60.7 Å². The predicted octanol–water partition coefficient (Wildman–Crippen LogP) is 5.18. The van der Waals surface area contributed by atoms with Gasteiger partial charge in [0.15, 0.2) is 0 Å². The van der Waals surface area contributed by atoms with E-state index in [1.807, 2.05) is 12.1 Å². The fraction of sp³-hybridized carbons (Fsp3) is 0.500. The van der Waals surface area contributed by atoms with Gasteiger partial charge in [-0.1, -0.05) is 74.5 Å². The Kier molecular flexibility index (Phi) is 8.49. The number of ether oxygens (including phenoxy) is 1. The molecule has 0 bridgehead atoms. The van der Waals surface area contributed by atoms with E-state index < -0.39 is 11.4 Å². The van der Waals surface area contributed by atoms with E-state index in [4.69, 9.17) is 16.2 Å². The van der Waals surface area contributed by atoms with Crippen molar-refractivity contribution in [2.24, 2.45) is 11.5 Å². The minimum atomic E-state index is -0.660. The Morgan fingerprint density at radius 1 is 0.667 bits per heavy atom. The van der Waals surface area contributed by atoms with Crippen molar-refractivity contribution in [1.29, 1.82) is 0 Å². The zero-order chi connectivity index (χ0) is 19.6. The van der Waals surface area contributed by atoms with Crippen LogP contribution >= 0.6 is 0 Å². The lowest BCUT2D eigenvalue weighted by atomic mass is 9.97. The Balaban J connectivity index is 1.85. The molecule has 2 aromatic carbocycles. The zero-order valence-corrected chi connectivity index (χ0v) is 17.0. The van der Waals surface area contributed by atoms with Gasteiger partial charge in [0.2, 0.25) is 0 Å². The van der Waals surface area contributed by atoms with Gasteiger partial charge in [0.1, 0.15) is 11.4 Å². The van der Waals surface area contributed by atoms with Crippen molar-refractivity contribution >= 4 is 0 Å². The first kappa shape index (κ1) is 21.6. The maximum Gasteiger partial charge on any atom is 0.118 e. The van der Waals surface area contributed by atoms with E-state index in [-0.39, 0.29) is 0 Å². The summed E-state index contributed by atoms with van der Waals surface area (Å²) in [5.74, 6) is 0. The van der Waals surface area contributed by atoms with E-state index in [0.29, 0.717) is 0 Å². The van der Waals surface area contributed by atoms with Crippen molar-refractivity contribution in [2.75, 3.05) is 0 Å². The third-order valence-corrected chi connectivity index (χ3v) is 5.42. The number of benzene rings is 2. The lowest BCUT2D eigenvalue weighted by Gasteiger charge is -2.39. The summed E-state index contributed by atoms with van der Waals surface area (Å²) >= 11 is 0. The molecule has 0 fully saturated rings. The summed E-state index contributed by atoms with van der Waals surface area (Å²) < 4.78 is 6.36. The normalized spacial score (nSPS) is 15.9. The third kappa shape index (κ3) is 7.45. The molecule has 0 aromatic heterocycles. The Bertz CT molecular complexity index is 588. The van der Waals surface area contributed by atoms with Crippen LogP contribution < -0.4 is 11.5 Å². The molecule has 0 aliphatic heterocycles. The molecule has 0 aliphatic rings. The molecule has 0 heterocycles. The first-order valence-electron chi connectivity index (χ1n) is 10.3. The van der Waals surface area contributed by atoms with Gasteiger partial charge in [-0.3, -0.25) is 0 Å². The van der Waals surface area contributed by atoms with Crippen LogP contribution in [-0.2, 0) is 17.6 Å². The molecule has 0 radical (unpaired) electrons. The zero-order valence-electron chi connectivity index (χ0n) is 17.0. The topological polar surface area (TPSA) is 61.3 Å². The smallest absolute Gasteiger partial charge is 0.118 e. The minimum absolute atomic E-state index is 0.660. The average Bonchev–Trinajstić information content (AvgIpc) is 2.69. The molecule has 2 atom stereocenters. The second-order valence-electron chi connectivity index (χ2n) is 7.62. The van der Waals surface area contributed by atoms with E-state index >= 15 is 0 Å². The fourth-order valence-electron chi connectivity index (χ4n) is 3.48. The fourth-order valence-corrected chi connectivity index (χ4v) is 3.48. The molecule has 0 saturated carbocycles. The quantitative estimate of drug-likeness (QED) is 0.508. The number of hydrogen-bond acceptors (Lipinski definition) is 3. The standard InChI is InChI=1S/C24H36N2O/c1-3-23(25,19-11-17-21-13-7-5-8-14-21)27-24(26,4-2)20-12-18-22-15-9-6-10-16-22/h5-10,13-16H,3-4,11-12,17-20,25-26H2,1-2H3. The van der Waals surface area contributed by atoms with Gasteiger partial charge in [-0.05, 0) is 62.5 Å². The van der Waals surface area contributed by atoms with Crippen molar-refractivity contribution in [1.82, 2.24) is 0 Å². The highest BCUT2D eigenvalue weighted by atomic mass is 16.5. The molecule has 27 heavy (non-hydrogen) atoms. The molecule has 2 rings (SSSR count). The van der Waals surface area contributed by atoms with Crippen molar-refractivity contribution in [3.63, 3.8) is 0 Å². The molecular formula is C24H36N2O. The van der Waals surface area contributed by atoms with E-state index in [0.717, 1.165) is 51.4 Å². The summed E-state index contributed by atoms with van der Waals surface area (Å²) in [6.07, 6.45) is 7.18. The predicted molar refractivity (Wildman–Crippen MR) is 114 cm³/mol. The molecule has 0 aliphatic carbocycles. The van der Waals surface area contributed by atoms with Gasteiger partial charge in [-0.25, -0.2) is 0 Å². The van der Waals surface area contributed by atoms with Gasteiger partial charge in [-0.2, -0.15) is 0 Å². The van der Waals surface area contributed by atoms with Crippen LogP contribution in [0.25, 0.3) is 0 Å². The second-order valence-corrected chi connectivity index (χ2v) is 7.62. The molecule has 148 valence electrons. The SMILES string of the molecule is CCC(N)(CCCc1ccccc1)OC(N)(CC)CCCc1ccccc1. The largest absolute Gasteiger partial charge is 0.340 e. The minimum Gasteiger partial charge on any atom is -0.340 e. The molecule has 0 amide bonds. The van der Waals surface area contributed by atoms with Gasteiger partial charge < -0.3 is 16.2 Å². The van der Waals surface area contributed by atoms with Gasteiger partial charge in [0.25, 0.3) is 0 Å². The molecule has 2 unspecified atom stereocenters. The van der Waals surface area contributed by atoms with Crippen LogP contribution in [0.3, 0.4) is 0 Å². The van der Waals surface area contributed by atoms with Crippen LogP contribution in [0.2, 0.25) is 0 Å². The average molecular weight is 369 g/mol. The molecule has 0 saturated heterocycles. The van der Waals surface area contributed by atoms with Gasteiger partial charge in [-0.15, -0.1) is 0 Å². The first-order chi connectivity index (χ1) is 13.0. The summed E-state index contributed by atoms with van der Waals surface area (Å²) in [7, 11) is 0. The molecule has 2 aromatic rings. The van der Waals surface area contributed by atoms with E-state index in [9.17, 15) is 0 Å². The van der Waals surface area contributed by atoms with Crippen molar-refractivity contribution in [3.8, 4) is 0 Å². The maximum absolute atomic E-state index is 6.60. The monoisotopic (exact) mass is 368 g/mol. The summed E-state index contributed by atoms with van der Waals surface area (Å²) in [4.78, 5) is 0. The highest BCUT2D eigenvalue weighted by Gasteiger charge is 2.34. The van der Waals surface area contributed by atoms with E-state index in [1.165, 1.54) is 11.1 Å². The van der Waals surface area contributed by atoms with E-state index in [1.54, 1.807) is 0 Å². The number of rotatable bonds is 12. The van der Waals surface area contributed by atoms with Gasteiger partial charge in [0.05, 0.1) is 0 Å². The highest BCUT2D eigenvalue weighted by Crippen LogP contribution is 2.27.